The third kappa shape index (κ3) is 6.14. The van der Waals surface area contributed by atoms with Gasteiger partial charge >= 0.3 is 0 Å². The fourth-order valence-corrected chi connectivity index (χ4v) is 5.02. The molecule has 2 aromatic heterocycles. The maximum atomic E-state index is 13.3. The first-order valence-corrected chi connectivity index (χ1v) is 12.6. The van der Waals surface area contributed by atoms with Crippen LogP contribution in [0.3, 0.4) is 0 Å². The third-order valence-corrected chi connectivity index (χ3v) is 7.16. The van der Waals surface area contributed by atoms with Gasteiger partial charge in [-0.25, -0.2) is 4.98 Å². The Morgan fingerprint density at radius 2 is 2.00 bits per heavy atom. The first-order valence-electron chi connectivity index (χ1n) is 11.0. The van der Waals surface area contributed by atoms with Crippen molar-refractivity contribution in [2.24, 2.45) is 11.7 Å². The second-order valence-electron chi connectivity index (χ2n) is 8.74. The van der Waals surface area contributed by atoms with Crippen LogP contribution in [-0.4, -0.2) is 67.8 Å². The number of amides is 4. The van der Waals surface area contributed by atoms with Gasteiger partial charge < -0.3 is 21.3 Å². The average Bonchev–Trinajstić information content (AvgIpc) is 3.40. The molecular formula is C21H29N7O4S2. The van der Waals surface area contributed by atoms with E-state index >= 15 is 0 Å². The monoisotopic (exact) mass is 507 g/mol. The van der Waals surface area contributed by atoms with Gasteiger partial charge in [-0.2, -0.15) is 0 Å². The van der Waals surface area contributed by atoms with Gasteiger partial charge in [0.15, 0.2) is 0 Å². The standard InChI is InChI=1S/C21H29N7O4S2/c1-10(2)7-14(18(22)29)25-19(30)16-8-13(24-20(31)17-11(3)26-27-34-17)5-6-28(16)21(32)15-9-33-12(4)23-15/h9-10,13-14,16H,5-8H2,1-4H3,(H2,22,29)(H,24,31)(H,25,30)/t13-,14-,16+/m1/s1. The fourth-order valence-electron chi connectivity index (χ4n) is 3.87. The average molecular weight is 508 g/mol. The lowest BCUT2D eigenvalue weighted by Gasteiger charge is -2.39. The van der Waals surface area contributed by atoms with Crippen LogP contribution in [0, 0.1) is 19.8 Å². The van der Waals surface area contributed by atoms with Crippen molar-refractivity contribution < 1.29 is 19.2 Å². The van der Waals surface area contributed by atoms with Gasteiger partial charge in [0.05, 0.1) is 10.7 Å². The maximum absolute atomic E-state index is 13.3. The smallest absolute Gasteiger partial charge is 0.274 e. The van der Waals surface area contributed by atoms with E-state index in [0.29, 0.717) is 23.4 Å². The number of aryl methyl sites for hydroxylation is 2. The number of carbonyl (C=O) groups excluding carboxylic acids is 4. The number of aromatic nitrogens is 3. The molecule has 4 amide bonds. The summed E-state index contributed by atoms with van der Waals surface area (Å²) in [4.78, 5) is 57.2. The molecule has 34 heavy (non-hydrogen) atoms. The largest absolute Gasteiger partial charge is 0.368 e. The van der Waals surface area contributed by atoms with E-state index in [2.05, 4.69) is 25.2 Å². The number of piperidine rings is 1. The highest BCUT2D eigenvalue weighted by Crippen LogP contribution is 2.23. The van der Waals surface area contributed by atoms with Gasteiger partial charge in [-0.05, 0) is 50.6 Å². The van der Waals surface area contributed by atoms with Crippen molar-refractivity contribution in [2.75, 3.05) is 6.54 Å². The number of rotatable bonds is 8. The highest BCUT2D eigenvalue weighted by atomic mass is 32.1. The molecule has 0 aliphatic carbocycles. The van der Waals surface area contributed by atoms with Crippen LogP contribution < -0.4 is 16.4 Å². The second kappa shape index (κ2) is 11.0. The Balaban J connectivity index is 1.80. The molecule has 184 valence electrons. The lowest BCUT2D eigenvalue weighted by Crippen LogP contribution is -2.59. The summed E-state index contributed by atoms with van der Waals surface area (Å²) in [6.07, 6.45) is 1.02. The number of primary amides is 1. The van der Waals surface area contributed by atoms with E-state index in [0.717, 1.165) is 16.5 Å². The summed E-state index contributed by atoms with van der Waals surface area (Å²) < 4.78 is 3.79. The van der Waals surface area contributed by atoms with Crippen molar-refractivity contribution in [3.8, 4) is 0 Å². The van der Waals surface area contributed by atoms with Gasteiger partial charge in [0.1, 0.15) is 22.7 Å². The molecule has 3 atom stereocenters. The minimum atomic E-state index is -0.900. The third-order valence-electron chi connectivity index (χ3n) is 5.56. The van der Waals surface area contributed by atoms with Crippen molar-refractivity contribution in [3.63, 3.8) is 0 Å². The number of carbonyl (C=O) groups is 4. The molecule has 0 aromatic carbocycles. The molecule has 0 radical (unpaired) electrons. The molecule has 3 rings (SSSR count). The highest BCUT2D eigenvalue weighted by Gasteiger charge is 2.39. The second-order valence-corrected chi connectivity index (χ2v) is 10.6. The van der Waals surface area contributed by atoms with Crippen LogP contribution >= 0.6 is 22.9 Å². The molecule has 11 nitrogen and oxygen atoms in total. The van der Waals surface area contributed by atoms with Crippen LogP contribution in [0.25, 0.3) is 0 Å². The van der Waals surface area contributed by atoms with Gasteiger partial charge in [0.25, 0.3) is 11.8 Å². The van der Waals surface area contributed by atoms with Crippen LogP contribution in [0.2, 0.25) is 0 Å². The normalized spacial score (nSPS) is 19.0. The molecular weight excluding hydrogens is 478 g/mol. The lowest BCUT2D eigenvalue weighted by molar-refractivity contribution is -0.131. The summed E-state index contributed by atoms with van der Waals surface area (Å²) in [5, 5.41) is 11.9. The van der Waals surface area contributed by atoms with E-state index in [1.54, 1.807) is 19.2 Å². The summed E-state index contributed by atoms with van der Waals surface area (Å²) in [6, 6.07) is -2.11. The zero-order valence-electron chi connectivity index (χ0n) is 19.5. The van der Waals surface area contributed by atoms with E-state index in [1.165, 1.54) is 16.2 Å². The zero-order valence-corrected chi connectivity index (χ0v) is 21.2. The predicted octanol–water partition coefficient (Wildman–Crippen LogP) is 1.03. The number of likely N-dealkylation sites (tertiary alicyclic amines) is 1. The molecule has 1 aliphatic heterocycles. The topological polar surface area (TPSA) is 160 Å². The Hall–Kier alpha value is -2.93. The summed E-state index contributed by atoms with van der Waals surface area (Å²) in [7, 11) is 0. The molecule has 1 saturated heterocycles. The van der Waals surface area contributed by atoms with Gasteiger partial charge in [-0.1, -0.05) is 18.3 Å². The highest BCUT2D eigenvalue weighted by molar-refractivity contribution is 7.09. The SMILES string of the molecule is Cc1nc(C(=O)N2CC[C@@H](NC(=O)c3snnc3C)C[C@H]2C(=O)N[C@H](CC(C)C)C(N)=O)cs1. The van der Waals surface area contributed by atoms with Gasteiger partial charge in [0.2, 0.25) is 11.8 Å². The van der Waals surface area contributed by atoms with Crippen molar-refractivity contribution in [1.82, 2.24) is 30.1 Å². The van der Waals surface area contributed by atoms with E-state index in [-0.39, 0.29) is 42.4 Å². The van der Waals surface area contributed by atoms with Crippen LogP contribution in [0.15, 0.2) is 5.38 Å². The molecule has 13 heteroatoms. The molecule has 0 bridgehead atoms. The number of hydrogen-bond acceptors (Lipinski definition) is 9. The van der Waals surface area contributed by atoms with Crippen LogP contribution in [0.1, 0.15) is 64.0 Å². The molecule has 2 aromatic rings. The number of hydrogen-bond donors (Lipinski definition) is 3. The Morgan fingerprint density at radius 1 is 1.26 bits per heavy atom. The number of nitrogens with one attached hydrogen (secondary N) is 2. The van der Waals surface area contributed by atoms with Crippen LogP contribution in [-0.2, 0) is 9.59 Å². The van der Waals surface area contributed by atoms with E-state index in [4.69, 9.17) is 5.73 Å². The minimum Gasteiger partial charge on any atom is -0.368 e. The molecule has 0 saturated carbocycles. The molecule has 1 fully saturated rings. The van der Waals surface area contributed by atoms with Crippen LogP contribution in [0.5, 0.6) is 0 Å². The molecule has 0 unspecified atom stereocenters. The summed E-state index contributed by atoms with van der Waals surface area (Å²) >= 11 is 2.35. The lowest BCUT2D eigenvalue weighted by atomic mass is 9.94. The van der Waals surface area contributed by atoms with Gasteiger partial charge in [-0.3, -0.25) is 19.2 Å². The quantitative estimate of drug-likeness (QED) is 0.481. The molecule has 3 heterocycles. The molecule has 1 aliphatic rings. The van der Waals surface area contributed by atoms with Crippen molar-refractivity contribution >= 4 is 46.5 Å². The van der Waals surface area contributed by atoms with Crippen LogP contribution in [0.4, 0.5) is 0 Å². The maximum Gasteiger partial charge on any atom is 0.274 e. The van der Waals surface area contributed by atoms with Crippen molar-refractivity contribution in [1.29, 1.82) is 0 Å². The molecule has 0 spiro atoms. The van der Waals surface area contributed by atoms with Crippen molar-refractivity contribution in [3.05, 3.63) is 26.7 Å². The summed E-state index contributed by atoms with van der Waals surface area (Å²) in [5.41, 5.74) is 6.30. The summed E-state index contributed by atoms with van der Waals surface area (Å²) in [5.74, 6) is -1.68. The Labute approximate surface area is 205 Å². The zero-order chi connectivity index (χ0) is 25.0. The molecule has 4 N–H and O–H groups in total. The van der Waals surface area contributed by atoms with E-state index in [9.17, 15) is 19.2 Å². The van der Waals surface area contributed by atoms with E-state index in [1.807, 2.05) is 13.8 Å². The number of thiazole rings is 1. The Kier molecular flexibility index (Phi) is 8.31. The van der Waals surface area contributed by atoms with Gasteiger partial charge in [-0.15, -0.1) is 16.4 Å². The minimum absolute atomic E-state index is 0.128. The number of nitrogens with two attached hydrogens (primary N) is 1. The number of nitrogens with zero attached hydrogens (tertiary/aromatic N) is 4. The Bertz CT molecular complexity index is 1070. The summed E-state index contributed by atoms with van der Waals surface area (Å²) in [6.45, 7) is 7.58. The van der Waals surface area contributed by atoms with E-state index < -0.39 is 23.9 Å². The van der Waals surface area contributed by atoms with Crippen molar-refractivity contribution in [2.45, 2.75) is 65.1 Å². The predicted molar refractivity (Wildman–Crippen MR) is 127 cm³/mol. The van der Waals surface area contributed by atoms with Gasteiger partial charge in [0, 0.05) is 18.0 Å². The first-order chi connectivity index (χ1) is 16.1. The first kappa shape index (κ1) is 25.7. The fraction of sp³-hybridized carbons (Fsp3) is 0.571. The Morgan fingerprint density at radius 3 is 2.56 bits per heavy atom.